The first kappa shape index (κ1) is 26.1. The van der Waals surface area contributed by atoms with Crippen molar-refractivity contribution in [2.75, 3.05) is 0 Å². The van der Waals surface area contributed by atoms with Crippen molar-refractivity contribution in [1.82, 2.24) is 0 Å². The first-order valence-electron chi connectivity index (χ1n) is 9.37. The van der Waals surface area contributed by atoms with Crippen molar-refractivity contribution >= 4 is 10.4 Å². The van der Waals surface area contributed by atoms with E-state index in [-0.39, 0.29) is 0 Å². The molecule has 0 atom stereocenters. The Bertz CT molecular complexity index is 800. The maximum absolute atomic E-state index is 10.3. The van der Waals surface area contributed by atoms with Crippen LogP contribution in [0, 0.1) is 0 Å². The standard InChI is InChI=1S/C24H30O4S/c1-2-3-4-5-6-7-8-9-10-11-12-13-14-15-16-17-18-19-20-21-22-23-24-28-29(25,26)27/h5-24H,2-4H2,1H3,(H,25,26,27)/b6-5+,8-7+,10-9+,12-11+,14-13+,16-15+,18-17+,20-19+,22-21+,24-23+. The molecule has 0 fully saturated rings. The molecule has 0 aliphatic rings. The Labute approximate surface area is 175 Å². The highest BCUT2D eigenvalue weighted by molar-refractivity contribution is 7.81. The molecule has 0 aromatic rings. The van der Waals surface area contributed by atoms with Gasteiger partial charge in [0.15, 0.2) is 0 Å². The molecule has 0 spiro atoms. The minimum atomic E-state index is -4.43. The maximum atomic E-state index is 10.3. The molecule has 156 valence electrons. The third-order valence-electron chi connectivity index (χ3n) is 3.01. The molecular formula is C24H30O4S. The molecule has 0 bridgehead atoms. The van der Waals surface area contributed by atoms with Crippen LogP contribution in [0.1, 0.15) is 26.2 Å². The Kier molecular flexibility index (Phi) is 17.9. The molecule has 5 heteroatoms. The van der Waals surface area contributed by atoms with E-state index < -0.39 is 10.4 Å². The Morgan fingerprint density at radius 2 is 0.966 bits per heavy atom. The third-order valence-corrected chi connectivity index (χ3v) is 3.36. The van der Waals surface area contributed by atoms with Gasteiger partial charge in [-0.1, -0.05) is 129 Å². The molecule has 0 aromatic heterocycles. The highest BCUT2D eigenvalue weighted by Crippen LogP contribution is 1.95. The van der Waals surface area contributed by atoms with Gasteiger partial charge in [0.25, 0.3) is 0 Å². The van der Waals surface area contributed by atoms with Crippen molar-refractivity contribution in [1.29, 1.82) is 0 Å². The summed E-state index contributed by atoms with van der Waals surface area (Å²) in [6, 6.07) is 0. The zero-order valence-corrected chi connectivity index (χ0v) is 17.6. The van der Waals surface area contributed by atoms with Crippen molar-refractivity contribution in [3.63, 3.8) is 0 Å². The fourth-order valence-corrected chi connectivity index (χ4v) is 1.88. The van der Waals surface area contributed by atoms with E-state index in [1.54, 1.807) is 18.2 Å². The smallest absolute Gasteiger partial charge is 0.370 e. The molecule has 1 N–H and O–H groups in total. The monoisotopic (exact) mass is 414 g/mol. The van der Waals surface area contributed by atoms with Crippen molar-refractivity contribution in [3.8, 4) is 0 Å². The highest BCUT2D eigenvalue weighted by Gasteiger charge is 1.97. The fourth-order valence-electron chi connectivity index (χ4n) is 1.67. The molecule has 0 aliphatic carbocycles. The quantitative estimate of drug-likeness (QED) is 0.152. The van der Waals surface area contributed by atoms with Gasteiger partial charge in [0.05, 0.1) is 0 Å². The van der Waals surface area contributed by atoms with E-state index in [1.165, 1.54) is 18.9 Å². The first-order valence-corrected chi connectivity index (χ1v) is 10.7. The molecule has 0 rings (SSSR count). The van der Waals surface area contributed by atoms with Gasteiger partial charge in [-0.3, -0.25) is 4.55 Å². The van der Waals surface area contributed by atoms with Crippen molar-refractivity contribution in [3.05, 3.63) is 122 Å². The zero-order chi connectivity index (χ0) is 21.5. The lowest BCUT2D eigenvalue weighted by molar-refractivity contribution is 0.356. The maximum Gasteiger partial charge on any atom is 0.445 e. The van der Waals surface area contributed by atoms with Crippen LogP contribution in [-0.4, -0.2) is 13.0 Å². The van der Waals surface area contributed by atoms with E-state index in [0.717, 1.165) is 12.7 Å². The average molecular weight is 415 g/mol. The molecule has 29 heavy (non-hydrogen) atoms. The second-order valence-electron chi connectivity index (χ2n) is 5.50. The minimum absolute atomic E-state index is 0.873. The molecule has 0 radical (unpaired) electrons. The van der Waals surface area contributed by atoms with Crippen LogP contribution >= 0.6 is 0 Å². The van der Waals surface area contributed by atoms with Gasteiger partial charge in [-0.2, -0.15) is 8.42 Å². The third kappa shape index (κ3) is 25.1. The Morgan fingerprint density at radius 1 is 0.621 bits per heavy atom. The van der Waals surface area contributed by atoms with Crippen LogP contribution in [0.25, 0.3) is 0 Å². The lowest BCUT2D eigenvalue weighted by Gasteiger charge is -1.89. The van der Waals surface area contributed by atoms with Gasteiger partial charge in [0.2, 0.25) is 0 Å². The predicted octanol–water partition coefficient (Wildman–Crippen LogP) is 6.52. The molecule has 0 amide bonds. The lowest BCUT2D eigenvalue weighted by Crippen LogP contribution is -1.96. The summed E-state index contributed by atoms with van der Waals surface area (Å²) in [6.45, 7) is 2.19. The van der Waals surface area contributed by atoms with Crippen LogP contribution in [0.4, 0.5) is 0 Å². The summed E-state index contributed by atoms with van der Waals surface area (Å²) in [5, 5.41) is 0. The second kappa shape index (κ2) is 19.9. The first-order chi connectivity index (χ1) is 14.1. The number of hydrogen-bond donors (Lipinski definition) is 1. The SMILES string of the molecule is CCCC/C=C/C=C/C=C/C=C/C=C/C=C/C=C/C=C/C=C/C=C/OS(=O)(=O)O. The van der Waals surface area contributed by atoms with E-state index in [2.05, 4.69) is 23.3 Å². The van der Waals surface area contributed by atoms with E-state index >= 15 is 0 Å². The number of rotatable bonds is 14. The largest absolute Gasteiger partial charge is 0.445 e. The van der Waals surface area contributed by atoms with Gasteiger partial charge in [0.1, 0.15) is 6.26 Å². The summed E-state index contributed by atoms with van der Waals surface area (Å²) in [5.74, 6) is 0. The summed E-state index contributed by atoms with van der Waals surface area (Å²) in [6.07, 6.45) is 40.3. The molecular weight excluding hydrogens is 384 g/mol. The van der Waals surface area contributed by atoms with Gasteiger partial charge < -0.3 is 4.18 Å². The normalized spacial score (nSPS) is 14.6. The molecule has 4 nitrogen and oxygen atoms in total. The van der Waals surface area contributed by atoms with Crippen molar-refractivity contribution in [2.24, 2.45) is 0 Å². The fraction of sp³-hybridized carbons (Fsp3) is 0.167. The topological polar surface area (TPSA) is 63.6 Å². The number of hydrogen-bond acceptors (Lipinski definition) is 3. The molecule has 0 unspecified atom stereocenters. The Hall–Kier alpha value is -2.89. The second-order valence-corrected chi connectivity index (χ2v) is 6.55. The molecule has 0 saturated heterocycles. The van der Waals surface area contributed by atoms with Crippen LogP contribution < -0.4 is 0 Å². The van der Waals surface area contributed by atoms with Crippen LogP contribution in [-0.2, 0) is 14.6 Å². The molecule has 0 aliphatic heterocycles. The van der Waals surface area contributed by atoms with Gasteiger partial charge in [-0.25, -0.2) is 0 Å². The van der Waals surface area contributed by atoms with Crippen molar-refractivity contribution in [2.45, 2.75) is 26.2 Å². The Balaban J connectivity index is 3.93. The summed E-state index contributed by atoms with van der Waals surface area (Å²) >= 11 is 0. The van der Waals surface area contributed by atoms with E-state index in [4.69, 9.17) is 4.55 Å². The van der Waals surface area contributed by atoms with Gasteiger partial charge in [0, 0.05) is 0 Å². The Morgan fingerprint density at radius 3 is 1.31 bits per heavy atom. The minimum Gasteiger partial charge on any atom is -0.370 e. The van der Waals surface area contributed by atoms with Crippen LogP contribution in [0.2, 0.25) is 0 Å². The van der Waals surface area contributed by atoms with Gasteiger partial charge in [-0.15, -0.1) is 0 Å². The van der Waals surface area contributed by atoms with Crippen molar-refractivity contribution < 1.29 is 17.2 Å². The summed E-state index contributed by atoms with van der Waals surface area (Å²) in [5.41, 5.74) is 0. The average Bonchev–Trinajstić information content (AvgIpc) is 2.67. The molecule has 0 saturated carbocycles. The van der Waals surface area contributed by atoms with Crippen LogP contribution in [0.5, 0.6) is 0 Å². The molecule has 0 aromatic carbocycles. The molecule has 0 heterocycles. The predicted molar refractivity (Wildman–Crippen MR) is 124 cm³/mol. The van der Waals surface area contributed by atoms with Gasteiger partial charge >= 0.3 is 10.4 Å². The van der Waals surface area contributed by atoms with Crippen LogP contribution in [0.3, 0.4) is 0 Å². The highest BCUT2D eigenvalue weighted by atomic mass is 32.3. The number of unbranched alkanes of at least 4 members (excludes halogenated alkanes) is 2. The van der Waals surface area contributed by atoms with E-state index in [1.807, 2.05) is 79.0 Å². The summed E-state index contributed by atoms with van der Waals surface area (Å²) in [4.78, 5) is 0. The van der Waals surface area contributed by atoms with E-state index in [0.29, 0.717) is 0 Å². The van der Waals surface area contributed by atoms with Gasteiger partial charge in [-0.05, 0) is 12.5 Å². The van der Waals surface area contributed by atoms with Crippen LogP contribution in [0.15, 0.2) is 122 Å². The van der Waals surface area contributed by atoms with E-state index in [9.17, 15) is 8.42 Å². The summed E-state index contributed by atoms with van der Waals surface area (Å²) < 4.78 is 32.8. The number of allylic oxidation sites excluding steroid dienone is 19. The summed E-state index contributed by atoms with van der Waals surface area (Å²) in [7, 11) is -4.43. The lowest BCUT2D eigenvalue weighted by atomic mass is 10.2. The zero-order valence-electron chi connectivity index (χ0n) is 16.7.